The second kappa shape index (κ2) is 9.77. The quantitative estimate of drug-likeness (QED) is 0.371. The fraction of sp³-hybridized carbons (Fsp3) is 0.552. The van der Waals surface area contributed by atoms with E-state index < -0.39 is 15.7 Å². The van der Waals surface area contributed by atoms with Crippen LogP contribution in [-0.2, 0) is 10.0 Å². The first-order valence-corrected chi connectivity index (χ1v) is 15.9. The number of piperidine rings is 1. The van der Waals surface area contributed by atoms with E-state index in [0.717, 1.165) is 32.1 Å². The van der Waals surface area contributed by atoms with E-state index in [1.165, 1.54) is 4.31 Å². The first-order chi connectivity index (χ1) is 18.9. The van der Waals surface area contributed by atoms with Crippen LogP contribution in [0, 0.1) is 18.3 Å². The van der Waals surface area contributed by atoms with Gasteiger partial charge in [0, 0.05) is 36.4 Å². The van der Waals surface area contributed by atoms with Crippen molar-refractivity contribution >= 4 is 44.3 Å². The van der Waals surface area contributed by atoms with Gasteiger partial charge in [0.2, 0.25) is 16.0 Å². The zero-order valence-corrected chi connectivity index (χ0v) is 24.7. The Labute approximate surface area is 239 Å². The van der Waals surface area contributed by atoms with Crippen molar-refractivity contribution in [3.63, 3.8) is 0 Å². The highest BCUT2D eigenvalue weighted by Gasteiger charge is 2.53. The Bertz CT molecular complexity index is 1650. The van der Waals surface area contributed by atoms with Gasteiger partial charge in [0.15, 0.2) is 0 Å². The Morgan fingerprint density at radius 2 is 1.85 bits per heavy atom. The van der Waals surface area contributed by atoms with Crippen LogP contribution in [0.5, 0.6) is 0 Å². The molecule has 0 amide bonds. The summed E-state index contributed by atoms with van der Waals surface area (Å²) in [4.78, 5) is 22.6. The molecule has 6 rings (SSSR count). The number of hydrogen-bond acceptors (Lipinski definition) is 6. The highest BCUT2D eigenvalue weighted by Crippen LogP contribution is 2.63. The molecule has 1 atom stereocenters. The summed E-state index contributed by atoms with van der Waals surface area (Å²) in [6, 6.07) is 6.56. The predicted molar refractivity (Wildman–Crippen MR) is 154 cm³/mol. The number of hydrogen-bond donors (Lipinski definition) is 1. The Morgan fingerprint density at radius 1 is 1.12 bits per heavy atom. The molecule has 3 fully saturated rings. The molecule has 1 N–H and O–H groups in total. The summed E-state index contributed by atoms with van der Waals surface area (Å²) < 4.78 is 44.8. The van der Waals surface area contributed by atoms with Crippen LogP contribution < -0.4 is 10.9 Å². The Kier molecular flexibility index (Phi) is 6.74. The molecular formula is C29H35ClFN5O3S. The molecule has 1 saturated heterocycles. The van der Waals surface area contributed by atoms with Crippen LogP contribution in [0.3, 0.4) is 0 Å². The first-order valence-electron chi connectivity index (χ1n) is 14.1. The van der Waals surface area contributed by atoms with E-state index in [0.29, 0.717) is 28.2 Å². The van der Waals surface area contributed by atoms with Crippen molar-refractivity contribution in [3.8, 4) is 0 Å². The van der Waals surface area contributed by atoms with Crippen LogP contribution in [-0.4, -0.2) is 46.0 Å². The number of sulfonamides is 1. The third-order valence-corrected chi connectivity index (χ3v) is 11.6. The number of nitrogens with one attached hydrogen (secondary N) is 1. The zero-order chi connectivity index (χ0) is 28.4. The summed E-state index contributed by atoms with van der Waals surface area (Å²) in [5.74, 6) is 0.162. The van der Waals surface area contributed by atoms with E-state index in [4.69, 9.17) is 16.6 Å². The van der Waals surface area contributed by atoms with Gasteiger partial charge in [-0.1, -0.05) is 31.9 Å². The van der Waals surface area contributed by atoms with Crippen molar-refractivity contribution < 1.29 is 12.8 Å². The Hall–Kier alpha value is -2.56. The van der Waals surface area contributed by atoms with Gasteiger partial charge < -0.3 is 5.32 Å². The lowest BCUT2D eigenvalue weighted by Gasteiger charge is -2.38. The fourth-order valence-corrected chi connectivity index (χ4v) is 8.32. The zero-order valence-electron chi connectivity index (χ0n) is 23.1. The standard InChI is InChI=1S/C29H35ClFN5O3S/c1-18(2)29(31)11-13-35(14-12-29)40(38,39)21-6-7-23(19(3)15-21)33-27-32-17-20-16-22(30)26(37)36(25(20)34-27)24-5-4-8-28(24)9-10-28/h6-7,15-18,24H,4-5,8-14H2,1-3H3,(H,32,33,34). The van der Waals surface area contributed by atoms with E-state index in [2.05, 4.69) is 10.3 Å². The monoisotopic (exact) mass is 587 g/mol. The van der Waals surface area contributed by atoms with Crippen LogP contribution in [0.15, 0.2) is 40.2 Å². The number of aromatic nitrogens is 3. The van der Waals surface area contributed by atoms with E-state index in [-0.39, 0.29) is 58.8 Å². The van der Waals surface area contributed by atoms with Crippen LogP contribution in [0.2, 0.25) is 5.02 Å². The molecule has 40 heavy (non-hydrogen) atoms. The topological polar surface area (TPSA) is 97.2 Å². The lowest BCUT2D eigenvalue weighted by Crippen LogP contribution is -2.46. The van der Waals surface area contributed by atoms with E-state index in [1.807, 2.05) is 20.8 Å². The molecule has 1 unspecified atom stereocenters. The second-order valence-corrected chi connectivity index (χ2v) is 14.5. The van der Waals surface area contributed by atoms with Crippen molar-refractivity contribution in [2.45, 2.75) is 82.3 Å². The molecule has 0 bridgehead atoms. The van der Waals surface area contributed by atoms with E-state index in [9.17, 15) is 13.2 Å². The van der Waals surface area contributed by atoms with Gasteiger partial charge in [-0.15, -0.1) is 0 Å². The number of rotatable bonds is 6. The van der Waals surface area contributed by atoms with Crippen LogP contribution >= 0.6 is 11.6 Å². The fourth-order valence-electron chi connectivity index (χ4n) is 6.58. The lowest BCUT2D eigenvalue weighted by atomic mass is 9.84. The molecule has 3 heterocycles. The molecule has 11 heteroatoms. The van der Waals surface area contributed by atoms with Gasteiger partial charge in [-0.25, -0.2) is 17.8 Å². The highest BCUT2D eigenvalue weighted by atomic mass is 35.5. The van der Waals surface area contributed by atoms with Crippen molar-refractivity contribution in [3.05, 3.63) is 51.4 Å². The number of halogens is 2. The largest absolute Gasteiger partial charge is 0.324 e. The summed E-state index contributed by atoms with van der Waals surface area (Å²) in [6.45, 7) is 5.81. The van der Waals surface area contributed by atoms with Gasteiger partial charge in [0.25, 0.3) is 5.56 Å². The maximum atomic E-state index is 15.0. The van der Waals surface area contributed by atoms with Crippen LogP contribution in [0.1, 0.15) is 70.4 Å². The molecule has 3 aliphatic rings. The van der Waals surface area contributed by atoms with Crippen molar-refractivity contribution in [1.29, 1.82) is 0 Å². The molecule has 0 radical (unpaired) electrons. The van der Waals surface area contributed by atoms with Crippen molar-refractivity contribution in [2.24, 2.45) is 11.3 Å². The molecular weight excluding hydrogens is 553 g/mol. The van der Waals surface area contributed by atoms with Gasteiger partial charge in [-0.05, 0) is 86.6 Å². The third-order valence-electron chi connectivity index (χ3n) is 9.46. The minimum absolute atomic E-state index is 0.0769. The summed E-state index contributed by atoms with van der Waals surface area (Å²) in [7, 11) is -3.75. The lowest BCUT2D eigenvalue weighted by molar-refractivity contribution is 0.0420. The van der Waals surface area contributed by atoms with Crippen LogP contribution in [0.4, 0.5) is 16.0 Å². The van der Waals surface area contributed by atoms with E-state index in [1.54, 1.807) is 35.0 Å². The number of benzene rings is 1. The third kappa shape index (κ3) is 4.61. The highest BCUT2D eigenvalue weighted by molar-refractivity contribution is 7.89. The molecule has 1 aliphatic heterocycles. The number of aryl methyl sites for hydroxylation is 1. The number of alkyl halides is 1. The minimum Gasteiger partial charge on any atom is -0.324 e. The van der Waals surface area contributed by atoms with Gasteiger partial charge >= 0.3 is 0 Å². The van der Waals surface area contributed by atoms with Crippen LogP contribution in [0.25, 0.3) is 11.0 Å². The van der Waals surface area contributed by atoms with Crippen molar-refractivity contribution in [2.75, 3.05) is 18.4 Å². The number of nitrogens with zero attached hydrogens (tertiary/aromatic N) is 4. The van der Waals surface area contributed by atoms with Gasteiger partial charge in [-0.3, -0.25) is 9.36 Å². The van der Waals surface area contributed by atoms with Crippen molar-refractivity contribution in [1.82, 2.24) is 18.8 Å². The van der Waals surface area contributed by atoms with Gasteiger partial charge in [-0.2, -0.15) is 9.29 Å². The summed E-state index contributed by atoms with van der Waals surface area (Å²) in [5.41, 5.74) is 0.526. The normalized spacial score (nSPS) is 22.3. The molecule has 8 nitrogen and oxygen atoms in total. The van der Waals surface area contributed by atoms with E-state index >= 15 is 4.39 Å². The SMILES string of the molecule is Cc1cc(S(=O)(=O)N2CCC(F)(C(C)C)CC2)ccc1Nc1ncc2cc(Cl)c(=O)n(C3CCCC34CC4)c2n1. The number of fused-ring (bicyclic) bond motifs is 1. The summed E-state index contributed by atoms with van der Waals surface area (Å²) >= 11 is 6.33. The first kappa shape index (κ1) is 27.6. The smallest absolute Gasteiger partial charge is 0.271 e. The maximum absolute atomic E-state index is 15.0. The molecule has 2 aliphatic carbocycles. The number of pyridine rings is 1. The molecule has 3 aromatic rings. The number of anilines is 2. The van der Waals surface area contributed by atoms with Gasteiger partial charge in [0.1, 0.15) is 16.3 Å². The Balaban J connectivity index is 1.27. The Morgan fingerprint density at radius 3 is 2.50 bits per heavy atom. The molecule has 214 valence electrons. The molecule has 1 spiro atoms. The summed E-state index contributed by atoms with van der Waals surface area (Å²) in [6.07, 6.45) is 7.41. The molecule has 1 aromatic carbocycles. The average Bonchev–Trinajstić information content (AvgIpc) is 3.58. The predicted octanol–water partition coefficient (Wildman–Crippen LogP) is 6.15. The average molecular weight is 588 g/mol. The maximum Gasteiger partial charge on any atom is 0.271 e. The minimum atomic E-state index is -3.75. The second-order valence-electron chi connectivity index (χ2n) is 12.1. The molecule has 2 aromatic heterocycles. The summed E-state index contributed by atoms with van der Waals surface area (Å²) in [5, 5.41) is 4.08. The van der Waals surface area contributed by atoms with Gasteiger partial charge in [0.05, 0.1) is 4.90 Å². The molecule has 2 saturated carbocycles.